The summed E-state index contributed by atoms with van der Waals surface area (Å²) in [6.07, 6.45) is 0. The molecule has 0 saturated carbocycles. The summed E-state index contributed by atoms with van der Waals surface area (Å²) in [7, 11) is 0. The Kier molecular flexibility index (Phi) is 5.88. The van der Waals surface area contributed by atoms with Gasteiger partial charge in [-0.15, -0.1) is 12.4 Å². The van der Waals surface area contributed by atoms with E-state index in [0.29, 0.717) is 6.04 Å². The molecule has 1 fully saturated rings. The SMILES string of the molecule is Cc1cccc(C(=O)N2CCN[C@H](C)C2)c1I.Cl. The van der Waals surface area contributed by atoms with E-state index in [1.807, 2.05) is 30.0 Å². The molecule has 1 N–H and O–H groups in total. The summed E-state index contributed by atoms with van der Waals surface area (Å²) >= 11 is 2.26. The summed E-state index contributed by atoms with van der Waals surface area (Å²) in [5.74, 6) is 0.159. The topological polar surface area (TPSA) is 32.3 Å². The Morgan fingerprint density at radius 3 is 2.89 bits per heavy atom. The number of carbonyl (C=O) groups excluding carboxylic acids is 1. The molecule has 0 aromatic heterocycles. The summed E-state index contributed by atoms with van der Waals surface area (Å²) in [6.45, 7) is 6.63. The van der Waals surface area contributed by atoms with Gasteiger partial charge in [-0.1, -0.05) is 12.1 Å². The largest absolute Gasteiger partial charge is 0.336 e. The van der Waals surface area contributed by atoms with Crippen molar-refractivity contribution in [3.05, 3.63) is 32.9 Å². The lowest BCUT2D eigenvalue weighted by Gasteiger charge is -2.32. The molecule has 100 valence electrons. The lowest BCUT2D eigenvalue weighted by molar-refractivity contribution is 0.0708. The van der Waals surface area contributed by atoms with Crippen molar-refractivity contribution in [1.82, 2.24) is 10.2 Å². The van der Waals surface area contributed by atoms with E-state index in [4.69, 9.17) is 0 Å². The van der Waals surface area contributed by atoms with Gasteiger partial charge in [0.25, 0.3) is 5.91 Å². The summed E-state index contributed by atoms with van der Waals surface area (Å²) in [5.41, 5.74) is 2.00. The fourth-order valence-corrected chi connectivity index (χ4v) is 2.69. The molecule has 1 amide bonds. The molecule has 2 rings (SSSR count). The van der Waals surface area contributed by atoms with Crippen LogP contribution in [0.3, 0.4) is 0 Å². The highest BCUT2D eigenvalue weighted by molar-refractivity contribution is 14.1. The highest BCUT2D eigenvalue weighted by Crippen LogP contribution is 2.19. The maximum Gasteiger partial charge on any atom is 0.255 e. The average Bonchev–Trinajstić information content (AvgIpc) is 2.32. The van der Waals surface area contributed by atoms with Gasteiger partial charge in [-0.3, -0.25) is 4.79 Å². The quantitative estimate of drug-likeness (QED) is 0.759. The Morgan fingerprint density at radius 2 is 2.22 bits per heavy atom. The predicted octanol–water partition coefficient (Wildman–Crippen LogP) is 2.46. The predicted molar refractivity (Wildman–Crippen MR) is 84.5 cm³/mol. The van der Waals surface area contributed by atoms with Crippen molar-refractivity contribution in [3.8, 4) is 0 Å². The second-order valence-electron chi connectivity index (χ2n) is 4.54. The molecule has 1 aliphatic rings. The molecular weight excluding hydrogens is 363 g/mol. The van der Waals surface area contributed by atoms with Crippen molar-refractivity contribution in [3.63, 3.8) is 0 Å². The molecule has 1 atom stereocenters. The number of benzene rings is 1. The molecule has 0 unspecified atom stereocenters. The van der Waals surface area contributed by atoms with Crippen LogP contribution in [0, 0.1) is 10.5 Å². The first kappa shape index (κ1) is 15.7. The molecule has 1 aromatic rings. The summed E-state index contributed by atoms with van der Waals surface area (Å²) < 4.78 is 1.07. The number of halogens is 2. The highest BCUT2D eigenvalue weighted by Gasteiger charge is 2.23. The monoisotopic (exact) mass is 380 g/mol. The number of rotatable bonds is 1. The van der Waals surface area contributed by atoms with Crippen molar-refractivity contribution in [2.75, 3.05) is 19.6 Å². The van der Waals surface area contributed by atoms with Gasteiger partial charge >= 0.3 is 0 Å². The number of piperazine rings is 1. The minimum Gasteiger partial charge on any atom is -0.336 e. The molecule has 1 saturated heterocycles. The molecule has 5 heteroatoms. The zero-order valence-corrected chi connectivity index (χ0v) is 13.5. The summed E-state index contributed by atoms with van der Waals surface area (Å²) in [6, 6.07) is 6.30. The van der Waals surface area contributed by atoms with Crippen LogP contribution in [0.1, 0.15) is 22.8 Å². The number of hydrogen-bond acceptors (Lipinski definition) is 2. The van der Waals surface area contributed by atoms with Gasteiger partial charge in [0.05, 0.1) is 5.56 Å². The van der Waals surface area contributed by atoms with Crippen molar-refractivity contribution in [2.45, 2.75) is 19.9 Å². The molecule has 1 aromatic carbocycles. The fourth-order valence-electron chi connectivity index (χ4n) is 2.10. The van der Waals surface area contributed by atoms with Crippen molar-refractivity contribution in [2.24, 2.45) is 0 Å². The van der Waals surface area contributed by atoms with Crippen molar-refractivity contribution >= 4 is 40.9 Å². The van der Waals surface area contributed by atoms with E-state index < -0.39 is 0 Å². The van der Waals surface area contributed by atoms with E-state index in [-0.39, 0.29) is 18.3 Å². The molecule has 3 nitrogen and oxygen atoms in total. The third-order valence-electron chi connectivity index (χ3n) is 3.08. The highest BCUT2D eigenvalue weighted by atomic mass is 127. The third-order valence-corrected chi connectivity index (χ3v) is 4.51. The van der Waals surface area contributed by atoms with Gasteiger partial charge in [0.15, 0.2) is 0 Å². The number of amides is 1. The molecular formula is C13H18ClIN2O. The Hall–Kier alpha value is -0.330. The van der Waals surface area contributed by atoms with Gasteiger partial charge in [0.2, 0.25) is 0 Å². The minimum atomic E-state index is 0. The Labute approximate surface area is 128 Å². The van der Waals surface area contributed by atoms with Gasteiger partial charge in [0, 0.05) is 29.2 Å². The van der Waals surface area contributed by atoms with E-state index in [1.54, 1.807) is 0 Å². The third kappa shape index (κ3) is 3.36. The van der Waals surface area contributed by atoms with Gasteiger partial charge in [0.1, 0.15) is 0 Å². The summed E-state index contributed by atoms with van der Waals surface area (Å²) in [4.78, 5) is 14.4. The first-order chi connectivity index (χ1) is 8.09. The van der Waals surface area contributed by atoms with Gasteiger partial charge in [-0.05, 0) is 48.1 Å². The average molecular weight is 381 g/mol. The number of aryl methyl sites for hydroxylation is 1. The fraction of sp³-hybridized carbons (Fsp3) is 0.462. The molecule has 0 radical (unpaired) electrons. The van der Waals surface area contributed by atoms with E-state index in [1.165, 1.54) is 5.56 Å². The number of hydrogen-bond donors (Lipinski definition) is 1. The van der Waals surface area contributed by atoms with Crippen molar-refractivity contribution < 1.29 is 4.79 Å². The zero-order valence-electron chi connectivity index (χ0n) is 10.6. The van der Waals surface area contributed by atoms with Gasteiger partial charge in [-0.25, -0.2) is 0 Å². The number of nitrogens with one attached hydrogen (secondary N) is 1. The van der Waals surface area contributed by atoms with Crippen LogP contribution < -0.4 is 5.32 Å². The van der Waals surface area contributed by atoms with Crippen LogP contribution in [0.2, 0.25) is 0 Å². The lowest BCUT2D eigenvalue weighted by atomic mass is 10.1. The first-order valence-corrected chi connectivity index (χ1v) is 6.95. The molecule has 1 heterocycles. The molecule has 0 bridgehead atoms. The lowest BCUT2D eigenvalue weighted by Crippen LogP contribution is -2.51. The number of nitrogens with zero attached hydrogens (tertiary/aromatic N) is 1. The Bertz CT molecular complexity index is 439. The van der Waals surface area contributed by atoms with Crippen LogP contribution in [-0.2, 0) is 0 Å². The molecule has 18 heavy (non-hydrogen) atoms. The van der Waals surface area contributed by atoms with E-state index >= 15 is 0 Å². The van der Waals surface area contributed by atoms with Crippen LogP contribution in [0.15, 0.2) is 18.2 Å². The van der Waals surface area contributed by atoms with Crippen LogP contribution >= 0.6 is 35.0 Å². The maximum atomic E-state index is 12.4. The van der Waals surface area contributed by atoms with E-state index in [9.17, 15) is 4.79 Å². The smallest absolute Gasteiger partial charge is 0.255 e. The minimum absolute atomic E-state index is 0. The Balaban J connectivity index is 0.00000162. The molecule has 0 spiro atoms. The zero-order chi connectivity index (χ0) is 12.4. The van der Waals surface area contributed by atoms with Crippen LogP contribution in [0.5, 0.6) is 0 Å². The van der Waals surface area contributed by atoms with Crippen LogP contribution in [0.4, 0.5) is 0 Å². The standard InChI is InChI=1S/C13H17IN2O.ClH/c1-9-4-3-5-11(12(9)14)13(17)16-7-6-15-10(2)8-16;/h3-5,10,15H,6-8H2,1-2H3;1H/t10-;/m1./s1. The second-order valence-corrected chi connectivity index (χ2v) is 5.62. The van der Waals surface area contributed by atoms with Crippen LogP contribution in [-0.4, -0.2) is 36.5 Å². The van der Waals surface area contributed by atoms with Crippen molar-refractivity contribution in [1.29, 1.82) is 0 Å². The van der Waals surface area contributed by atoms with E-state index in [0.717, 1.165) is 28.8 Å². The maximum absolute atomic E-state index is 12.4. The number of carbonyl (C=O) groups is 1. The van der Waals surface area contributed by atoms with Crippen LogP contribution in [0.25, 0.3) is 0 Å². The molecule has 0 aliphatic carbocycles. The second kappa shape index (κ2) is 6.73. The van der Waals surface area contributed by atoms with E-state index in [2.05, 4.69) is 34.8 Å². The normalized spacial score (nSPS) is 19.3. The summed E-state index contributed by atoms with van der Waals surface area (Å²) in [5, 5.41) is 3.35. The molecule has 1 aliphatic heterocycles. The van der Waals surface area contributed by atoms with Gasteiger partial charge in [-0.2, -0.15) is 0 Å². The first-order valence-electron chi connectivity index (χ1n) is 5.87. The Morgan fingerprint density at radius 1 is 1.50 bits per heavy atom. The van der Waals surface area contributed by atoms with Gasteiger partial charge < -0.3 is 10.2 Å².